The number of benzene rings is 9. The zero-order chi connectivity index (χ0) is 39.6. The summed E-state index contributed by atoms with van der Waals surface area (Å²) in [6, 6.07) is 84.5. The number of fused-ring (bicyclic) bond motifs is 12. The molecule has 0 bridgehead atoms. The largest absolute Gasteiger partial charge is 0.310 e. The summed E-state index contributed by atoms with van der Waals surface area (Å²) < 4.78 is 1.32. The molecule has 2 aliphatic rings. The first kappa shape index (κ1) is 34.6. The summed E-state index contributed by atoms with van der Waals surface area (Å²) in [5.41, 5.74) is 17.8. The summed E-state index contributed by atoms with van der Waals surface area (Å²) in [4.78, 5) is 6.16. The van der Waals surface area contributed by atoms with E-state index in [2.05, 4.69) is 240 Å². The van der Waals surface area contributed by atoms with Gasteiger partial charge in [0.2, 0.25) is 0 Å². The molecule has 1 aromatic heterocycles. The van der Waals surface area contributed by atoms with Crippen LogP contribution in [0.25, 0.3) is 42.8 Å². The van der Waals surface area contributed by atoms with E-state index in [1.165, 1.54) is 65.0 Å². The average molecular weight is 783 g/mol. The van der Waals surface area contributed by atoms with Crippen molar-refractivity contribution in [3.8, 4) is 32.7 Å². The lowest BCUT2D eigenvalue weighted by atomic mass is 9.70. The summed E-state index contributed by atoms with van der Waals surface area (Å²) in [7, 11) is 0. The molecular formula is C57H38N2S. The fourth-order valence-electron chi connectivity index (χ4n) is 9.95. The van der Waals surface area contributed by atoms with E-state index in [4.69, 9.17) is 0 Å². The van der Waals surface area contributed by atoms with E-state index in [1.54, 1.807) is 0 Å². The predicted molar refractivity (Wildman–Crippen MR) is 253 cm³/mol. The first-order valence-electron chi connectivity index (χ1n) is 20.6. The Hall–Kier alpha value is -7.46. The number of thiophene rings is 1. The van der Waals surface area contributed by atoms with Gasteiger partial charge in [-0.25, -0.2) is 0 Å². The molecule has 0 amide bonds. The van der Waals surface area contributed by atoms with Crippen LogP contribution < -0.4 is 9.80 Å². The van der Waals surface area contributed by atoms with Crippen molar-refractivity contribution >= 4 is 55.5 Å². The summed E-state index contributed by atoms with van der Waals surface area (Å²) in [5, 5.41) is 1.32. The third-order valence-electron chi connectivity index (χ3n) is 12.4. The average Bonchev–Trinajstić information content (AvgIpc) is 3.94. The van der Waals surface area contributed by atoms with Gasteiger partial charge in [-0.05, 0) is 134 Å². The monoisotopic (exact) mass is 782 g/mol. The minimum atomic E-state index is -0.555. The van der Waals surface area contributed by atoms with Gasteiger partial charge in [-0.1, -0.05) is 152 Å². The highest BCUT2D eigenvalue weighted by atomic mass is 32.1. The fourth-order valence-corrected chi connectivity index (χ4v) is 11.2. The molecule has 1 heterocycles. The Morgan fingerprint density at radius 2 is 0.750 bits per heavy atom. The highest BCUT2D eigenvalue weighted by Gasteiger charge is 2.54. The van der Waals surface area contributed by atoms with Crippen LogP contribution in [0.15, 0.2) is 231 Å². The molecular weight excluding hydrogens is 745 g/mol. The number of hydrogen-bond acceptors (Lipinski definition) is 3. The smallest absolute Gasteiger partial charge is 0.0741 e. The highest BCUT2D eigenvalue weighted by molar-refractivity contribution is 7.22. The number of anilines is 6. The summed E-state index contributed by atoms with van der Waals surface area (Å²) in [6.45, 7) is 0. The van der Waals surface area contributed by atoms with Crippen LogP contribution in [0, 0.1) is 0 Å². The van der Waals surface area contributed by atoms with E-state index in [9.17, 15) is 0 Å². The van der Waals surface area contributed by atoms with Crippen molar-refractivity contribution in [3.63, 3.8) is 0 Å². The number of rotatable bonds is 7. The molecule has 1 spiro atoms. The minimum absolute atomic E-state index is 0.555. The Balaban J connectivity index is 1.12. The molecule has 1 atom stereocenters. The van der Waals surface area contributed by atoms with Crippen molar-refractivity contribution in [1.29, 1.82) is 0 Å². The maximum Gasteiger partial charge on any atom is 0.0741 e. The van der Waals surface area contributed by atoms with Crippen LogP contribution in [0.2, 0.25) is 0 Å². The van der Waals surface area contributed by atoms with Crippen LogP contribution in [0.5, 0.6) is 0 Å². The molecule has 3 heteroatoms. The molecule has 2 nitrogen and oxygen atoms in total. The lowest BCUT2D eigenvalue weighted by Gasteiger charge is -2.33. The quantitative estimate of drug-likeness (QED) is 0.159. The van der Waals surface area contributed by atoms with Gasteiger partial charge < -0.3 is 9.80 Å². The molecule has 0 N–H and O–H groups in total. The Morgan fingerprint density at radius 3 is 1.37 bits per heavy atom. The first-order valence-corrected chi connectivity index (χ1v) is 21.4. The Morgan fingerprint density at radius 1 is 0.317 bits per heavy atom. The van der Waals surface area contributed by atoms with Gasteiger partial charge in [0.05, 0.1) is 5.41 Å². The lowest BCUT2D eigenvalue weighted by molar-refractivity contribution is 0.802. The molecule has 0 saturated heterocycles. The topological polar surface area (TPSA) is 6.48 Å². The Bertz CT molecular complexity index is 3150. The zero-order valence-electron chi connectivity index (χ0n) is 32.7. The van der Waals surface area contributed by atoms with Crippen LogP contribution in [0.1, 0.15) is 22.3 Å². The van der Waals surface area contributed by atoms with Crippen molar-refractivity contribution in [3.05, 3.63) is 253 Å². The van der Waals surface area contributed by atoms with Gasteiger partial charge >= 0.3 is 0 Å². The van der Waals surface area contributed by atoms with Crippen LogP contribution in [-0.2, 0) is 5.41 Å². The summed E-state index contributed by atoms with van der Waals surface area (Å²) in [6.07, 6.45) is 0. The second kappa shape index (κ2) is 13.8. The molecule has 2 aliphatic carbocycles. The molecule has 0 saturated carbocycles. The molecule has 9 aromatic carbocycles. The van der Waals surface area contributed by atoms with Crippen LogP contribution in [-0.4, -0.2) is 0 Å². The molecule has 60 heavy (non-hydrogen) atoms. The number of para-hydroxylation sites is 3. The van der Waals surface area contributed by atoms with Crippen molar-refractivity contribution in [1.82, 2.24) is 0 Å². The molecule has 0 aliphatic heterocycles. The van der Waals surface area contributed by atoms with E-state index < -0.39 is 5.41 Å². The Kier molecular flexibility index (Phi) is 7.97. The van der Waals surface area contributed by atoms with Gasteiger partial charge in [-0.2, -0.15) is 0 Å². The van der Waals surface area contributed by atoms with Crippen LogP contribution in [0.3, 0.4) is 0 Å². The van der Waals surface area contributed by atoms with Crippen molar-refractivity contribution in [2.75, 3.05) is 9.80 Å². The SMILES string of the molecule is c1ccc(-c2ccc(N(c3ccccc3)c3ccc4c(c3)C3(c5ccccc5-4)c4cc(N(c5ccccc5)c5ccccc5)ccc4-c4sc5ccccc5c43)cc2)cc1. The van der Waals surface area contributed by atoms with Gasteiger partial charge in [0.1, 0.15) is 0 Å². The predicted octanol–water partition coefficient (Wildman–Crippen LogP) is 15.9. The third kappa shape index (κ3) is 5.19. The molecule has 10 aromatic rings. The second-order valence-electron chi connectivity index (χ2n) is 15.6. The van der Waals surface area contributed by atoms with Crippen LogP contribution in [0.4, 0.5) is 34.1 Å². The standard InChI is InChI=1S/C57H38N2S/c1-5-17-39(18-6-1)40-29-31-44(32-30-40)59(43-23-11-4-12-24-43)45-33-35-48-47-25-13-15-27-51(47)57(52(48)37-45)53-38-46(58(41-19-7-2-8-20-41)42-21-9-3-10-22-42)34-36-49(53)56-55(57)50-26-14-16-28-54(50)60-56/h1-38H. The third-order valence-corrected chi connectivity index (χ3v) is 13.6. The van der Waals surface area contributed by atoms with Crippen LogP contribution >= 0.6 is 11.3 Å². The van der Waals surface area contributed by atoms with Gasteiger partial charge in [0.25, 0.3) is 0 Å². The molecule has 282 valence electrons. The fraction of sp³-hybridized carbons (Fsp3) is 0.0175. The maximum atomic E-state index is 2.50. The zero-order valence-corrected chi connectivity index (χ0v) is 33.6. The van der Waals surface area contributed by atoms with E-state index in [0.717, 1.165) is 34.1 Å². The minimum Gasteiger partial charge on any atom is -0.310 e. The number of hydrogen-bond donors (Lipinski definition) is 0. The molecule has 1 unspecified atom stereocenters. The first-order chi connectivity index (χ1) is 29.8. The summed E-state index contributed by atoms with van der Waals surface area (Å²) in [5.74, 6) is 0. The number of nitrogens with zero attached hydrogens (tertiary/aromatic N) is 2. The van der Waals surface area contributed by atoms with Gasteiger partial charge in [0.15, 0.2) is 0 Å². The van der Waals surface area contributed by atoms with Crippen molar-refractivity contribution in [2.45, 2.75) is 5.41 Å². The Labute approximate surface area is 354 Å². The molecule has 0 fully saturated rings. The van der Waals surface area contributed by atoms with E-state index >= 15 is 0 Å². The molecule has 0 radical (unpaired) electrons. The highest BCUT2D eigenvalue weighted by Crippen LogP contribution is 2.67. The second-order valence-corrected chi connectivity index (χ2v) is 16.7. The molecule has 12 rings (SSSR count). The van der Waals surface area contributed by atoms with E-state index in [1.807, 2.05) is 11.3 Å². The van der Waals surface area contributed by atoms with Crippen molar-refractivity contribution < 1.29 is 0 Å². The van der Waals surface area contributed by atoms with Gasteiger partial charge in [0, 0.05) is 43.7 Å². The van der Waals surface area contributed by atoms with Gasteiger partial charge in [-0.3, -0.25) is 0 Å². The van der Waals surface area contributed by atoms with Gasteiger partial charge in [-0.15, -0.1) is 11.3 Å². The summed E-state index contributed by atoms with van der Waals surface area (Å²) >= 11 is 1.93. The van der Waals surface area contributed by atoms with Crippen molar-refractivity contribution in [2.24, 2.45) is 0 Å². The van der Waals surface area contributed by atoms with E-state index in [-0.39, 0.29) is 0 Å². The lowest BCUT2D eigenvalue weighted by Crippen LogP contribution is -2.26. The maximum absolute atomic E-state index is 2.50. The van der Waals surface area contributed by atoms with E-state index in [0.29, 0.717) is 0 Å². The normalized spacial score (nSPS) is 14.4.